The Labute approximate surface area is 127 Å². The highest BCUT2D eigenvalue weighted by Gasteiger charge is 2.18. The van der Waals surface area contributed by atoms with Gasteiger partial charge in [-0.1, -0.05) is 54.1 Å². The van der Waals surface area contributed by atoms with Gasteiger partial charge in [0.1, 0.15) is 11.9 Å². The Morgan fingerprint density at radius 1 is 1.19 bits per heavy atom. The van der Waals surface area contributed by atoms with Crippen molar-refractivity contribution in [2.24, 2.45) is 0 Å². The average molecular weight is 308 g/mol. The molecule has 0 spiro atoms. The van der Waals surface area contributed by atoms with Gasteiger partial charge in [-0.15, -0.1) is 0 Å². The summed E-state index contributed by atoms with van der Waals surface area (Å²) in [5.74, 6) is -1.49. The molecule has 0 fully saturated rings. The first-order valence-electron chi connectivity index (χ1n) is 6.51. The number of carboxylic acid groups (broad SMARTS) is 1. The van der Waals surface area contributed by atoms with Gasteiger partial charge < -0.3 is 5.11 Å². The van der Waals surface area contributed by atoms with Gasteiger partial charge in [0, 0.05) is 12.1 Å². The molecule has 0 radical (unpaired) electrons. The minimum atomic E-state index is -0.971. The molecule has 0 saturated heterocycles. The van der Waals surface area contributed by atoms with Crippen LogP contribution in [0.5, 0.6) is 0 Å². The number of hydrogen-bond acceptors (Lipinski definition) is 2. The first kappa shape index (κ1) is 15.5. The van der Waals surface area contributed by atoms with E-state index >= 15 is 0 Å². The molecule has 0 unspecified atom stereocenters. The van der Waals surface area contributed by atoms with E-state index in [1.54, 1.807) is 12.1 Å². The zero-order valence-corrected chi connectivity index (χ0v) is 12.0. The molecule has 2 aromatic carbocycles. The molecule has 3 nitrogen and oxygen atoms in total. The highest BCUT2D eigenvalue weighted by molar-refractivity contribution is 6.30. The summed E-state index contributed by atoms with van der Waals surface area (Å²) in [5, 5.41) is 12.1. The molecule has 0 amide bonds. The monoisotopic (exact) mass is 307 g/mol. The van der Waals surface area contributed by atoms with E-state index < -0.39 is 17.8 Å². The quantitative estimate of drug-likeness (QED) is 0.861. The summed E-state index contributed by atoms with van der Waals surface area (Å²) in [5.41, 5.74) is 1.26. The Balaban J connectivity index is 2.04. The predicted octanol–water partition coefficient (Wildman–Crippen LogP) is 3.26. The van der Waals surface area contributed by atoms with Crippen LogP contribution in [-0.2, 0) is 17.8 Å². The van der Waals surface area contributed by atoms with E-state index in [-0.39, 0.29) is 11.6 Å². The Bertz CT molecular complexity index is 619. The van der Waals surface area contributed by atoms with Crippen molar-refractivity contribution >= 4 is 17.6 Å². The van der Waals surface area contributed by atoms with Crippen molar-refractivity contribution in [3.63, 3.8) is 0 Å². The summed E-state index contributed by atoms with van der Waals surface area (Å²) < 4.78 is 13.8. The lowest BCUT2D eigenvalue weighted by Crippen LogP contribution is -2.38. The molecule has 0 saturated carbocycles. The van der Waals surface area contributed by atoms with Gasteiger partial charge in [0.2, 0.25) is 0 Å². The van der Waals surface area contributed by atoms with Gasteiger partial charge in [-0.2, -0.15) is 0 Å². The molecule has 5 heteroatoms. The maximum absolute atomic E-state index is 13.8. The minimum Gasteiger partial charge on any atom is -0.480 e. The van der Waals surface area contributed by atoms with E-state index in [1.165, 1.54) is 6.07 Å². The lowest BCUT2D eigenvalue weighted by atomic mass is 10.1. The lowest BCUT2D eigenvalue weighted by Gasteiger charge is -2.15. The van der Waals surface area contributed by atoms with Crippen LogP contribution in [0.4, 0.5) is 4.39 Å². The van der Waals surface area contributed by atoms with Crippen LogP contribution in [0.1, 0.15) is 11.1 Å². The molecule has 0 heterocycles. The molecule has 110 valence electrons. The molecule has 0 aromatic heterocycles. The zero-order chi connectivity index (χ0) is 15.2. The zero-order valence-electron chi connectivity index (χ0n) is 11.2. The van der Waals surface area contributed by atoms with Crippen LogP contribution in [-0.4, -0.2) is 17.1 Å². The van der Waals surface area contributed by atoms with Crippen LogP contribution in [0.3, 0.4) is 0 Å². The van der Waals surface area contributed by atoms with Gasteiger partial charge in [0.25, 0.3) is 0 Å². The Kier molecular flexibility index (Phi) is 5.31. The van der Waals surface area contributed by atoms with Crippen LogP contribution in [0.2, 0.25) is 5.02 Å². The number of nitrogens with one attached hydrogen (secondary N) is 1. The van der Waals surface area contributed by atoms with Crippen molar-refractivity contribution in [2.45, 2.75) is 19.0 Å². The van der Waals surface area contributed by atoms with Gasteiger partial charge in [-0.25, -0.2) is 4.39 Å². The smallest absolute Gasteiger partial charge is 0.321 e. The second-order valence-electron chi connectivity index (χ2n) is 4.67. The summed E-state index contributed by atoms with van der Waals surface area (Å²) in [6, 6.07) is 13.2. The third-order valence-corrected chi connectivity index (χ3v) is 3.44. The summed E-state index contributed by atoms with van der Waals surface area (Å²) in [7, 11) is 0. The second-order valence-corrected chi connectivity index (χ2v) is 5.08. The molecule has 1 atom stereocenters. The fourth-order valence-electron chi connectivity index (χ4n) is 2.01. The Hall–Kier alpha value is -1.91. The van der Waals surface area contributed by atoms with Crippen molar-refractivity contribution in [3.05, 3.63) is 70.5 Å². The molecule has 0 aliphatic heterocycles. The van der Waals surface area contributed by atoms with E-state index in [0.29, 0.717) is 12.0 Å². The van der Waals surface area contributed by atoms with Crippen LogP contribution in [0, 0.1) is 5.82 Å². The third kappa shape index (κ3) is 4.28. The number of hydrogen-bond donors (Lipinski definition) is 2. The van der Waals surface area contributed by atoms with E-state index in [2.05, 4.69) is 5.32 Å². The van der Waals surface area contributed by atoms with Crippen molar-refractivity contribution < 1.29 is 14.3 Å². The van der Waals surface area contributed by atoms with E-state index in [0.717, 1.165) is 5.56 Å². The van der Waals surface area contributed by atoms with Crippen LogP contribution < -0.4 is 5.32 Å². The van der Waals surface area contributed by atoms with E-state index in [9.17, 15) is 14.3 Å². The Morgan fingerprint density at radius 2 is 1.90 bits per heavy atom. The molecule has 2 rings (SSSR count). The summed E-state index contributed by atoms with van der Waals surface area (Å²) in [6.07, 6.45) is 0.332. The Morgan fingerprint density at radius 3 is 2.57 bits per heavy atom. The van der Waals surface area contributed by atoms with Gasteiger partial charge in [0.15, 0.2) is 0 Å². The highest BCUT2D eigenvalue weighted by Crippen LogP contribution is 2.17. The van der Waals surface area contributed by atoms with Gasteiger partial charge in [0.05, 0.1) is 5.02 Å². The predicted molar refractivity (Wildman–Crippen MR) is 79.8 cm³/mol. The molecule has 2 N–H and O–H groups in total. The van der Waals surface area contributed by atoms with Crippen molar-refractivity contribution in [1.29, 1.82) is 0 Å². The van der Waals surface area contributed by atoms with Crippen molar-refractivity contribution in [1.82, 2.24) is 5.32 Å². The number of carboxylic acids is 1. The van der Waals surface area contributed by atoms with Crippen LogP contribution in [0.15, 0.2) is 48.5 Å². The molecule has 0 aliphatic carbocycles. The van der Waals surface area contributed by atoms with E-state index in [4.69, 9.17) is 11.6 Å². The lowest BCUT2D eigenvalue weighted by molar-refractivity contribution is -0.139. The average Bonchev–Trinajstić information content (AvgIpc) is 2.48. The molecule has 2 aromatic rings. The molecular weight excluding hydrogens is 293 g/mol. The summed E-state index contributed by atoms with van der Waals surface area (Å²) in [6.45, 7) is 0.107. The fourth-order valence-corrected chi connectivity index (χ4v) is 2.21. The minimum absolute atomic E-state index is 0.0317. The molecule has 0 bridgehead atoms. The van der Waals surface area contributed by atoms with Gasteiger partial charge in [-0.05, 0) is 18.1 Å². The first-order chi connectivity index (χ1) is 10.1. The number of aliphatic carboxylic acids is 1. The third-order valence-electron chi connectivity index (χ3n) is 3.15. The number of rotatable bonds is 6. The van der Waals surface area contributed by atoms with Crippen molar-refractivity contribution in [3.8, 4) is 0 Å². The number of benzene rings is 2. The SMILES string of the molecule is O=C(O)[C@@H](Cc1ccccc1)NCc1cccc(Cl)c1F. The van der Waals surface area contributed by atoms with Crippen molar-refractivity contribution in [2.75, 3.05) is 0 Å². The van der Waals surface area contributed by atoms with Gasteiger partial charge >= 0.3 is 5.97 Å². The standard InChI is InChI=1S/C16H15ClFNO2/c17-13-8-4-7-12(15(13)18)10-19-14(16(20)21)9-11-5-2-1-3-6-11/h1-8,14,19H,9-10H2,(H,20,21)/t14-/m1/s1. The van der Waals surface area contributed by atoms with Crippen LogP contribution >= 0.6 is 11.6 Å². The fraction of sp³-hybridized carbons (Fsp3) is 0.188. The second kappa shape index (κ2) is 7.20. The topological polar surface area (TPSA) is 49.3 Å². The summed E-state index contributed by atoms with van der Waals surface area (Å²) in [4.78, 5) is 11.3. The molecular formula is C16H15ClFNO2. The highest BCUT2D eigenvalue weighted by atomic mass is 35.5. The van der Waals surface area contributed by atoms with Gasteiger partial charge in [-0.3, -0.25) is 10.1 Å². The number of carbonyl (C=O) groups is 1. The summed E-state index contributed by atoms with van der Waals surface area (Å²) >= 11 is 5.70. The van der Waals surface area contributed by atoms with E-state index in [1.807, 2.05) is 30.3 Å². The number of halogens is 2. The molecule has 0 aliphatic rings. The normalized spacial score (nSPS) is 12.1. The van der Waals surface area contributed by atoms with Crippen LogP contribution in [0.25, 0.3) is 0 Å². The largest absolute Gasteiger partial charge is 0.480 e. The maximum atomic E-state index is 13.8. The molecule has 21 heavy (non-hydrogen) atoms. The maximum Gasteiger partial charge on any atom is 0.321 e. The first-order valence-corrected chi connectivity index (χ1v) is 6.88.